The molecule has 0 unspecified atom stereocenters. The standard InChI is InChI=1S/C11H9Cl2NO2/c12-9-2-1-3-10(13)8(9)6-14-5-7(15)4-11(14)16/h1-3H,4-6H2. The second-order valence-electron chi connectivity index (χ2n) is 3.67. The topological polar surface area (TPSA) is 37.4 Å². The third-order valence-electron chi connectivity index (χ3n) is 2.48. The molecule has 84 valence electrons. The van der Waals surface area contributed by atoms with Gasteiger partial charge in [0.15, 0.2) is 5.78 Å². The highest BCUT2D eigenvalue weighted by molar-refractivity contribution is 6.36. The minimum Gasteiger partial charge on any atom is -0.331 e. The zero-order valence-electron chi connectivity index (χ0n) is 8.37. The van der Waals surface area contributed by atoms with Gasteiger partial charge in [0.05, 0.1) is 13.0 Å². The lowest BCUT2D eigenvalue weighted by Crippen LogP contribution is -2.24. The van der Waals surface area contributed by atoms with Crippen LogP contribution in [-0.4, -0.2) is 23.1 Å². The molecule has 1 aliphatic heterocycles. The summed E-state index contributed by atoms with van der Waals surface area (Å²) in [7, 11) is 0. The summed E-state index contributed by atoms with van der Waals surface area (Å²) in [5.41, 5.74) is 0.689. The molecule has 1 aliphatic rings. The molecule has 5 heteroatoms. The molecule has 0 atom stereocenters. The van der Waals surface area contributed by atoms with E-state index in [4.69, 9.17) is 23.2 Å². The van der Waals surface area contributed by atoms with Gasteiger partial charge in [-0.15, -0.1) is 0 Å². The number of nitrogens with zero attached hydrogens (tertiary/aromatic N) is 1. The van der Waals surface area contributed by atoms with Gasteiger partial charge >= 0.3 is 0 Å². The van der Waals surface area contributed by atoms with E-state index in [0.29, 0.717) is 22.2 Å². The smallest absolute Gasteiger partial charge is 0.230 e. The highest BCUT2D eigenvalue weighted by atomic mass is 35.5. The summed E-state index contributed by atoms with van der Waals surface area (Å²) in [6.45, 7) is 0.448. The van der Waals surface area contributed by atoms with Crippen molar-refractivity contribution < 1.29 is 9.59 Å². The second kappa shape index (κ2) is 4.44. The molecule has 0 aliphatic carbocycles. The maximum atomic E-state index is 11.4. The van der Waals surface area contributed by atoms with Crippen molar-refractivity contribution in [2.24, 2.45) is 0 Å². The van der Waals surface area contributed by atoms with Gasteiger partial charge in [0.1, 0.15) is 0 Å². The summed E-state index contributed by atoms with van der Waals surface area (Å²) in [5.74, 6) is -0.228. The number of hydrogen-bond acceptors (Lipinski definition) is 2. The number of Topliss-reactive ketones (excluding diaryl/α,β-unsaturated/α-hetero) is 1. The van der Waals surface area contributed by atoms with Crippen LogP contribution in [0.25, 0.3) is 0 Å². The maximum absolute atomic E-state index is 11.4. The number of hydrogen-bond donors (Lipinski definition) is 0. The average Bonchev–Trinajstić information content (AvgIpc) is 2.51. The van der Waals surface area contributed by atoms with Crippen molar-refractivity contribution in [3.63, 3.8) is 0 Å². The van der Waals surface area contributed by atoms with Crippen LogP contribution in [0.1, 0.15) is 12.0 Å². The normalized spacial score (nSPS) is 16.0. The fraction of sp³-hybridized carbons (Fsp3) is 0.273. The molecule has 1 amide bonds. The van der Waals surface area contributed by atoms with Crippen molar-refractivity contribution in [1.82, 2.24) is 4.90 Å². The van der Waals surface area contributed by atoms with E-state index in [1.165, 1.54) is 4.90 Å². The van der Waals surface area contributed by atoms with Crippen molar-refractivity contribution in [2.75, 3.05) is 6.54 Å². The number of rotatable bonds is 2. The van der Waals surface area contributed by atoms with E-state index in [1.807, 2.05) is 0 Å². The van der Waals surface area contributed by atoms with Gasteiger partial charge in [0.25, 0.3) is 0 Å². The molecule has 0 N–H and O–H groups in total. The van der Waals surface area contributed by atoms with Crippen molar-refractivity contribution in [3.8, 4) is 0 Å². The van der Waals surface area contributed by atoms with E-state index in [2.05, 4.69) is 0 Å². The molecule has 1 aromatic rings. The van der Waals surface area contributed by atoms with Crippen LogP contribution in [0.5, 0.6) is 0 Å². The molecule has 16 heavy (non-hydrogen) atoms. The first-order valence-corrected chi connectivity index (χ1v) is 5.56. The number of amides is 1. The lowest BCUT2D eigenvalue weighted by molar-refractivity contribution is -0.128. The summed E-state index contributed by atoms with van der Waals surface area (Å²) in [6.07, 6.45) is -0.0118. The van der Waals surface area contributed by atoms with E-state index >= 15 is 0 Å². The van der Waals surface area contributed by atoms with E-state index in [0.717, 1.165) is 0 Å². The van der Waals surface area contributed by atoms with E-state index < -0.39 is 0 Å². The molecule has 0 saturated carbocycles. The Balaban J connectivity index is 2.21. The quantitative estimate of drug-likeness (QED) is 0.763. The predicted molar refractivity (Wildman–Crippen MR) is 61.5 cm³/mol. The Morgan fingerprint density at radius 1 is 1.19 bits per heavy atom. The SMILES string of the molecule is O=C1CC(=O)N(Cc2c(Cl)cccc2Cl)C1. The van der Waals surface area contributed by atoms with E-state index in [9.17, 15) is 9.59 Å². The highest BCUT2D eigenvalue weighted by Crippen LogP contribution is 2.26. The summed E-state index contributed by atoms with van der Waals surface area (Å²) < 4.78 is 0. The van der Waals surface area contributed by atoms with Gasteiger partial charge in [-0.25, -0.2) is 0 Å². The fourth-order valence-electron chi connectivity index (χ4n) is 1.66. The summed E-state index contributed by atoms with van der Waals surface area (Å²) in [6, 6.07) is 5.17. The van der Waals surface area contributed by atoms with E-state index in [1.54, 1.807) is 18.2 Å². The molecule has 3 nitrogen and oxygen atoms in total. The molecular formula is C11H9Cl2NO2. The van der Waals surface area contributed by atoms with Crippen LogP contribution in [0.4, 0.5) is 0 Å². The van der Waals surface area contributed by atoms with Crippen molar-refractivity contribution in [1.29, 1.82) is 0 Å². The molecule has 1 aromatic carbocycles. The Morgan fingerprint density at radius 2 is 1.81 bits per heavy atom. The van der Waals surface area contributed by atoms with Gasteiger partial charge in [0.2, 0.25) is 5.91 Å². The van der Waals surface area contributed by atoms with Gasteiger partial charge < -0.3 is 4.90 Å². The third kappa shape index (κ3) is 2.20. The first-order valence-electron chi connectivity index (χ1n) is 4.80. The maximum Gasteiger partial charge on any atom is 0.230 e. The van der Waals surface area contributed by atoms with Crippen LogP contribution in [0, 0.1) is 0 Å². The zero-order valence-corrected chi connectivity index (χ0v) is 9.88. The first-order chi connectivity index (χ1) is 7.58. The molecule has 0 spiro atoms. The Bertz CT molecular complexity index is 439. The minimum absolute atomic E-state index is 0.0118. The number of likely N-dealkylation sites (tertiary alicyclic amines) is 1. The molecule has 0 radical (unpaired) electrons. The van der Waals surface area contributed by atoms with Crippen molar-refractivity contribution in [2.45, 2.75) is 13.0 Å². The van der Waals surface area contributed by atoms with Crippen LogP contribution in [0.2, 0.25) is 10.0 Å². The van der Waals surface area contributed by atoms with Crippen LogP contribution in [-0.2, 0) is 16.1 Å². The lowest BCUT2D eigenvalue weighted by Gasteiger charge is -2.16. The minimum atomic E-state index is -0.166. The molecule has 1 fully saturated rings. The van der Waals surface area contributed by atoms with Crippen LogP contribution in [0.15, 0.2) is 18.2 Å². The molecule has 0 aromatic heterocycles. The first kappa shape index (κ1) is 11.4. The number of carbonyl (C=O) groups excluding carboxylic acids is 2. The Morgan fingerprint density at radius 3 is 2.31 bits per heavy atom. The molecule has 1 saturated heterocycles. The van der Waals surface area contributed by atoms with Crippen molar-refractivity contribution in [3.05, 3.63) is 33.8 Å². The molecule has 2 rings (SSSR count). The van der Waals surface area contributed by atoms with Gasteiger partial charge in [-0.1, -0.05) is 29.3 Å². The Kier molecular flexibility index (Phi) is 3.17. The molecule has 1 heterocycles. The number of benzene rings is 1. The zero-order chi connectivity index (χ0) is 11.7. The summed E-state index contributed by atoms with van der Waals surface area (Å²) in [5, 5.41) is 1.03. The number of carbonyl (C=O) groups is 2. The summed E-state index contributed by atoms with van der Waals surface area (Å²) >= 11 is 12.0. The summed E-state index contributed by atoms with van der Waals surface area (Å²) in [4.78, 5) is 24.0. The van der Waals surface area contributed by atoms with Crippen LogP contribution in [0.3, 0.4) is 0 Å². The largest absolute Gasteiger partial charge is 0.331 e. The predicted octanol–water partition coefficient (Wildman–Crippen LogP) is 2.29. The Labute approximate surface area is 103 Å². The molecule has 0 bridgehead atoms. The molecular weight excluding hydrogens is 249 g/mol. The third-order valence-corrected chi connectivity index (χ3v) is 3.19. The van der Waals surface area contributed by atoms with E-state index in [-0.39, 0.29) is 24.7 Å². The average molecular weight is 258 g/mol. The van der Waals surface area contributed by atoms with Gasteiger partial charge in [-0.3, -0.25) is 9.59 Å². The number of ketones is 1. The monoisotopic (exact) mass is 257 g/mol. The highest BCUT2D eigenvalue weighted by Gasteiger charge is 2.28. The van der Waals surface area contributed by atoms with Crippen molar-refractivity contribution >= 4 is 34.9 Å². The van der Waals surface area contributed by atoms with Gasteiger partial charge in [0, 0.05) is 22.2 Å². The Hall–Kier alpha value is -1.06. The van der Waals surface area contributed by atoms with Gasteiger partial charge in [-0.05, 0) is 12.1 Å². The lowest BCUT2D eigenvalue weighted by atomic mass is 10.2. The number of halogens is 2. The second-order valence-corrected chi connectivity index (χ2v) is 4.48. The fourth-order valence-corrected chi connectivity index (χ4v) is 2.17. The van der Waals surface area contributed by atoms with Crippen LogP contribution >= 0.6 is 23.2 Å². The van der Waals surface area contributed by atoms with Gasteiger partial charge in [-0.2, -0.15) is 0 Å². The van der Waals surface area contributed by atoms with Crippen LogP contribution < -0.4 is 0 Å².